The van der Waals surface area contributed by atoms with E-state index in [-0.39, 0.29) is 5.75 Å². The van der Waals surface area contributed by atoms with E-state index in [1.165, 1.54) is 6.07 Å². The molecule has 0 spiro atoms. The van der Waals surface area contributed by atoms with Crippen LogP contribution in [0.2, 0.25) is 0 Å². The summed E-state index contributed by atoms with van der Waals surface area (Å²) >= 11 is 3.13. The molecule has 0 heterocycles. The van der Waals surface area contributed by atoms with Crippen LogP contribution in [-0.4, -0.2) is 17.4 Å². The molecule has 0 aliphatic rings. The van der Waals surface area contributed by atoms with Crippen LogP contribution in [0, 0.1) is 12.7 Å². The second-order valence-electron chi connectivity index (χ2n) is 2.48. The van der Waals surface area contributed by atoms with Crippen LogP contribution in [0.4, 0.5) is 4.39 Å². The first-order chi connectivity index (χ1) is 6.00. The molecule has 1 aromatic carbocycles. The molecule has 0 radical (unpaired) electrons. The van der Waals surface area contributed by atoms with Crippen LogP contribution in [0.3, 0.4) is 0 Å². The van der Waals surface area contributed by atoms with Crippen molar-refractivity contribution in [2.45, 2.75) is 6.92 Å². The van der Waals surface area contributed by atoms with Gasteiger partial charge in [-0.1, -0.05) is 15.9 Å². The Bertz CT molecular complexity index is 319. The fourth-order valence-corrected chi connectivity index (χ4v) is 1.45. The monoisotopic (exact) mass is 248 g/mol. The Kier molecular flexibility index (Phi) is 3.30. The number of halogens is 2. The van der Waals surface area contributed by atoms with Crippen molar-refractivity contribution in [3.05, 3.63) is 28.0 Å². The van der Waals surface area contributed by atoms with E-state index < -0.39 is 13.1 Å². The molecule has 2 N–H and O–H groups in total. The Morgan fingerprint density at radius 2 is 2.08 bits per heavy atom. The fourth-order valence-electron chi connectivity index (χ4n) is 0.894. The van der Waals surface area contributed by atoms with Gasteiger partial charge in [0.05, 0.1) is 0 Å². The van der Waals surface area contributed by atoms with E-state index in [0.29, 0.717) is 10.0 Å². The zero-order chi connectivity index (χ0) is 10.0. The van der Waals surface area contributed by atoms with E-state index in [1.54, 1.807) is 13.0 Å². The summed E-state index contributed by atoms with van der Waals surface area (Å²) in [5.41, 5.74) is 0.366. The normalized spacial score (nSPS) is 9.92. The molecule has 0 aliphatic heterocycles. The van der Waals surface area contributed by atoms with E-state index in [1.807, 2.05) is 0 Å². The maximum absolute atomic E-state index is 13.2. The summed E-state index contributed by atoms with van der Waals surface area (Å²) in [5.74, 6) is -0.793. The lowest BCUT2D eigenvalue weighted by molar-refractivity contribution is 0.281. The van der Waals surface area contributed by atoms with Gasteiger partial charge in [0.15, 0.2) is 5.82 Å². The highest BCUT2D eigenvalue weighted by molar-refractivity contribution is 9.10. The Labute approximate surface area is 83.5 Å². The lowest BCUT2D eigenvalue weighted by Crippen LogP contribution is -2.21. The largest absolute Gasteiger partial charge is 0.707 e. The maximum atomic E-state index is 13.2. The van der Waals surface area contributed by atoms with Crippen molar-refractivity contribution in [1.29, 1.82) is 0 Å². The standard InChI is InChI=1S/C7H7BBrFO3/c1-4-2-5(9)3-6(7(4)10)13-8(11)12/h2-3,11-12H,1H3. The first-order valence-electron chi connectivity index (χ1n) is 3.49. The lowest BCUT2D eigenvalue weighted by atomic mass is 10.2. The summed E-state index contributed by atoms with van der Waals surface area (Å²) in [7, 11) is -2.01. The smallest absolute Gasteiger partial charge is 0.510 e. The SMILES string of the molecule is Cc1cc(Br)cc(OB(O)O)c1F. The van der Waals surface area contributed by atoms with Gasteiger partial charge in [-0.05, 0) is 24.6 Å². The minimum atomic E-state index is -2.01. The van der Waals surface area contributed by atoms with E-state index in [2.05, 4.69) is 20.6 Å². The van der Waals surface area contributed by atoms with Crippen molar-refractivity contribution in [2.24, 2.45) is 0 Å². The molecule has 0 aliphatic carbocycles. The molecular weight excluding hydrogens is 242 g/mol. The van der Waals surface area contributed by atoms with Gasteiger partial charge < -0.3 is 14.7 Å². The van der Waals surface area contributed by atoms with E-state index in [9.17, 15) is 4.39 Å². The molecule has 0 unspecified atom stereocenters. The molecule has 70 valence electrons. The van der Waals surface area contributed by atoms with Crippen molar-refractivity contribution in [1.82, 2.24) is 0 Å². The van der Waals surface area contributed by atoms with Crippen LogP contribution in [0.5, 0.6) is 5.75 Å². The van der Waals surface area contributed by atoms with Crippen LogP contribution in [0.25, 0.3) is 0 Å². The summed E-state index contributed by atoms with van der Waals surface area (Å²) in [6.45, 7) is 1.55. The molecule has 13 heavy (non-hydrogen) atoms. The number of aryl methyl sites for hydroxylation is 1. The van der Waals surface area contributed by atoms with Crippen molar-refractivity contribution in [2.75, 3.05) is 0 Å². The first kappa shape index (κ1) is 10.5. The van der Waals surface area contributed by atoms with Gasteiger partial charge in [0.2, 0.25) is 0 Å². The minimum absolute atomic E-state index is 0.193. The van der Waals surface area contributed by atoms with Crippen molar-refractivity contribution in [3.63, 3.8) is 0 Å². The van der Waals surface area contributed by atoms with Gasteiger partial charge in [-0.2, -0.15) is 0 Å². The predicted molar refractivity (Wildman–Crippen MR) is 49.7 cm³/mol. The molecule has 1 aromatic rings. The van der Waals surface area contributed by atoms with Gasteiger partial charge in [0.25, 0.3) is 0 Å². The highest BCUT2D eigenvalue weighted by Crippen LogP contribution is 2.25. The highest BCUT2D eigenvalue weighted by Gasteiger charge is 2.16. The molecule has 0 bridgehead atoms. The summed E-state index contributed by atoms with van der Waals surface area (Å²) in [6, 6.07) is 2.88. The van der Waals surface area contributed by atoms with Gasteiger partial charge >= 0.3 is 7.32 Å². The minimum Gasteiger partial charge on any atom is -0.510 e. The molecular formula is C7H7BBrFO3. The van der Waals surface area contributed by atoms with Crippen LogP contribution in [-0.2, 0) is 0 Å². The zero-order valence-corrected chi connectivity index (χ0v) is 8.38. The third kappa shape index (κ3) is 2.68. The first-order valence-corrected chi connectivity index (χ1v) is 4.28. The zero-order valence-electron chi connectivity index (χ0n) is 6.79. The second kappa shape index (κ2) is 4.08. The summed E-state index contributed by atoms with van der Waals surface area (Å²) in [6.07, 6.45) is 0. The molecule has 0 amide bonds. The average molecular weight is 249 g/mol. The molecule has 0 aromatic heterocycles. The van der Waals surface area contributed by atoms with Gasteiger partial charge in [-0.3, -0.25) is 0 Å². The molecule has 6 heteroatoms. The summed E-state index contributed by atoms with van der Waals surface area (Å²) < 4.78 is 18.2. The van der Waals surface area contributed by atoms with E-state index in [0.717, 1.165) is 0 Å². The molecule has 3 nitrogen and oxygen atoms in total. The lowest BCUT2D eigenvalue weighted by Gasteiger charge is -2.08. The van der Waals surface area contributed by atoms with Crippen molar-refractivity contribution >= 4 is 23.3 Å². The van der Waals surface area contributed by atoms with Crippen LogP contribution >= 0.6 is 15.9 Å². The van der Waals surface area contributed by atoms with Gasteiger partial charge in [0, 0.05) is 4.47 Å². The van der Waals surface area contributed by atoms with Gasteiger partial charge in [-0.15, -0.1) is 0 Å². The number of rotatable bonds is 2. The summed E-state index contributed by atoms with van der Waals surface area (Å²) in [5, 5.41) is 16.9. The topological polar surface area (TPSA) is 49.7 Å². The Morgan fingerprint density at radius 1 is 1.46 bits per heavy atom. The van der Waals surface area contributed by atoms with E-state index >= 15 is 0 Å². The molecule has 0 atom stereocenters. The number of hydrogen-bond donors (Lipinski definition) is 2. The third-order valence-electron chi connectivity index (χ3n) is 1.42. The summed E-state index contributed by atoms with van der Waals surface area (Å²) in [4.78, 5) is 0. The highest BCUT2D eigenvalue weighted by atomic mass is 79.9. The number of hydrogen-bond acceptors (Lipinski definition) is 3. The Hall–Kier alpha value is -0.585. The second-order valence-corrected chi connectivity index (χ2v) is 3.39. The third-order valence-corrected chi connectivity index (χ3v) is 1.88. The van der Waals surface area contributed by atoms with Crippen molar-refractivity contribution < 1.29 is 19.1 Å². The molecule has 0 saturated heterocycles. The molecule has 0 saturated carbocycles. The fraction of sp³-hybridized carbons (Fsp3) is 0.143. The van der Waals surface area contributed by atoms with Crippen LogP contribution < -0.4 is 4.65 Å². The van der Waals surface area contributed by atoms with Gasteiger partial charge in [0.1, 0.15) is 5.75 Å². The van der Waals surface area contributed by atoms with Crippen molar-refractivity contribution in [3.8, 4) is 5.75 Å². The molecule has 0 fully saturated rings. The Balaban J connectivity index is 3.05. The van der Waals surface area contributed by atoms with Crippen LogP contribution in [0.1, 0.15) is 5.56 Å². The maximum Gasteiger partial charge on any atom is 0.707 e. The van der Waals surface area contributed by atoms with Crippen LogP contribution in [0.15, 0.2) is 16.6 Å². The number of benzene rings is 1. The molecule has 1 rings (SSSR count). The quantitative estimate of drug-likeness (QED) is 0.775. The van der Waals surface area contributed by atoms with E-state index in [4.69, 9.17) is 10.0 Å². The Morgan fingerprint density at radius 3 is 2.62 bits per heavy atom. The average Bonchev–Trinajstić information content (AvgIpc) is 1.98. The van der Waals surface area contributed by atoms with Gasteiger partial charge in [-0.25, -0.2) is 4.39 Å². The predicted octanol–water partition coefficient (Wildman–Crippen LogP) is 1.24.